The molecule has 0 fully saturated rings. The van der Waals surface area contributed by atoms with Gasteiger partial charge in [-0.3, -0.25) is 9.56 Å². The SMILES string of the molecule is CCNC(=NCCCn1nc2n(c1=O)CCCC2)NCCc1ccccc1.I. The van der Waals surface area contributed by atoms with Crippen molar-refractivity contribution in [2.75, 3.05) is 19.6 Å². The van der Waals surface area contributed by atoms with Gasteiger partial charge in [-0.1, -0.05) is 30.3 Å². The molecule has 1 aromatic heterocycles. The predicted octanol–water partition coefficient (Wildman–Crippen LogP) is 2.19. The second-order valence-corrected chi connectivity index (χ2v) is 6.81. The first kappa shape index (κ1) is 22.4. The molecule has 0 saturated carbocycles. The summed E-state index contributed by atoms with van der Waals surface area (Å²) in [5.41, 5.74) is 1.34. The van der Waals surface area contributed by atoms with Crippen LogP contribution in [0, 0.1) is 0 Å². The van der Waals surface area contributed by atoms with E-state index in [4.69, 9.17) is 0 Å². The number of aliphatic imine (C=N–C) groups is 1. The number of nitrogens with one attached hydrogen (secondary N) is 2. The first-order chi connectivity index (χ1) is 13.3. The smallest absolute Gasteiger partial charge is 0.345 e. The summed E-state index contributed by atoms with van der Waals surface area (Å²) in [6, 6.07) is 10.4. The molecule has 28 heavy (non-hydrogen) atoms. The Labute approximate surface area is 183 Å². The average Bonchev–Trinajstić information content (AvgIpc) is 3.02. The molecule has 8 heteroatoms. The lowest BCUT2D eigenvalue weighted by atomic mass is 10.1. The van der Waals surface area contributed by atoms with E-state index in [9.17, 15) is 4.79 Å². The van der Waals surface area contributed by atoms with Crippen molar-refractivity contribution < 1.29 is 0 Å². The lowest BCUT2D eigenvalue weighted by Gasteiger charge is -2.11. The van der Waals surface area contributed by atoms with Gasteiger partial charge in [0.25, 0.3) is 0 Å². The Morgan fingerprint density at radius 1 is 1.21 bits per heavy atom. The van der Waals surface area contributed by atoms with Crippen LogP contribution in [0.1, 0.15) is 37.6 Å². The summed E-state index contributed by atoms with van der Waals surface area (Å²) in [5.74, 6) is 1.76. The maximum Gasteiger partial charge on any atom is 0.345 e. The zero-order valence-corrected chi connectivity index (χ0v) is 18.9. The van der Waals surface area contributed by atoms with Crippen LogP contribution in [0.15, 0.2) is 40.1 Å². The van der Waals surface area contributed by atoms with Crippen LogP contribution in [-0.4, -0.2) is 39.9 Å². The summed E-state index contributed by atoms with van der Waals surface area (Å²) in [6.07, 6.45) is 4.87. The molecule has 0 spiro atoms. The molecule has 0 bridgehead atoms. The Morgan fingerprint density at radius 3 is 2.79 bits per heavy atom. The van der Waals surface area contributed by atoms with Crippen molar-refractivity contribution in [3.05, 3.63) is 52.2 Å². The molecular weight excluding hydrogens is 467 g/mol. The Bertz CT molecular complexity index is 799. The standard InChI is InChI=1S/C20H30N6O.HI/c1-2-21-19(23-14-12-17-9-4-3-5-10-17)22-13-8-16-26-20(27)25-15-7-6-11-18(25)24-26;/h3-5,9-10H,2,6-8,11-16H2,1H3,(H2,21,22,23);1H. The minimum atomic E-state index is 0. The van der Waals surface area contributed by atoms with E-state index in [-0.39, 0.29) is 29.7 Å². The number of nitrogens with zero attached hydrogens (tertiary/aromatic N) is 4. The quantitative estimate of drug-likeness (QED) is 0.253. The number of aryl methyl sites for hydroxylation is 2. The van der Waals surface area contributed by atoms with Crippen LogP contribution >= 0.6 is 24.0 Å². The van der Waals surface area contributed by atoms with Crippen molar-refractivity contribution in [3.8, 4) is 0 Å². The highest BCUT2D eigenvalue weighted by Crippen LogP contribution is 2.09. The molecule has 1 aliphatic heterocycles. The van der Waals surface area contributed by atoms with Crippen molar-refractivity contribution in [2.24, 2.45) is 4.99 Å². The van der Waals surface area contributed by atoms with E-state index in [0.717, 1.165) is 63.5 Å². The van der Waals surface area contributed by atoms with Gasteiger partial charge in [-0.2, -0.15) is 5.10 Å². The molecule has 3 rings (SSSR count). The number of halogens is 1. The summed E-state index contributed by atoms with van der Waals surface area (Å²) >= 11 is 0. The number of hydrogen-bond donors (Lipinski definition) is 2. The highest BCUT2D eigenvalue weighted by molar-refractivity contribution is 14.0. The van der Waals surface area contributed by atoms with Crippen LogP contribution in [0.4, 0.5) is 0 Å². The fourth-order valence-corrected chi connectivity index (χ4v) is 3.32. The molecule has 0 saturated heterocycles. The third kappa shape index (κ3) is 6.35. The highest BCUT2D eigenvalue weighted by atomic mass is 127. The first-order valence-electron chi connectivity index (χ1n) is 10.0. The Hall–Kier alpha value is -1.84. The summed E-state index contributed by atoms with van der Waals surface area (Å²) in [5, 5.41) is 11.1. The maximum atomic E-state index is 12.3. The molecule has 1 aliphatic rings. The largest absolute Gasteiger partial charge is 0.357 e. The van der Waals surface area contributed by atoms with E-state index >= 15 is 0 Å². The monoisotopic (exact) mass is 498 g/mol. The van der Waals surface area contributed by atoms with Crippen molar-refractivity contribution in [1.82, 2.24) is 25.0 Å². The molecule has 0 aliphatic carbocycles. The fourth-order valence-electron chi connectivity index (χ4n) is 3.32. The van der Waals surface area contributed by atoms with Crippen LogP contribution in [0.3, 0.4) is 0 Å². The Balaban J connectivity index is 0.00000280. The van der Waals surface area contributed by atoms with Crippen LogP contribution < -0.4 is 16.3 Å². The minimum Gasteiger partial charge on any atom is -0.357 e. The molecular formula is C20H31IN6O. The predicted molar refractivity (Wildman–Crippen MR) is 124 cm³/mol. The summed E-state index contributed by atoms with van der Waals surface area (Å²) in [7, 11) is 0. The zero-order valence-electron chi connectivity index (χ0n) is 16.6. The van der Waals surface area contributed by atoms with Gasteiger partial charge < -0.3 is 10.6 Å². The molecule has 2 N–H and O–H groups in total. The molecule has 0 radical (unpaired) electrons. The molecule has 0 amide bonds. The Kier molecular flexibility index (Phi) is 9.52. The first-order valence-corrected chi connectivity index (χ1v) is 10.0. The average molecular weight is 498 g/mol. The molecule has 0 atom stereocenters. The number of benzene rings is 1. The van der Waals surface area contributed by atoms with Gasteiger partial charge in [0.2, 0.25) is 0 Å². The van der Waals surface area contributed by atoms with Gasteiger partial charge in [0, 0.05) is 39.1 Å². The van der Waals surface area contributed by atoms with Crippen LogP contribution in [0.25, 0.3) is 0 Å². The van der Waals surface area contributed by atoms with E-state index in [0.29, 0.717) is 13.1 Å². The van der Waals surface area contributed by atoms with Crippen LogP contribution in [0.2, 0.25) is 0 Å². The van der Waals surface area contributed by atoms with E-state index in [1.807, 2.05) is 10.6 Å². The molecule has 2 heterocycles. The van der Waals surface area contributed by atoms with Crippen LogP contribution in [0.5, 0.6) is 0 Å². The van der Waals surface area contributed by atoms with E-state index in [1.165, 1.54) is 5.56 Å². The lowest BCUT2D eigenvalue weighted by molar-refractivity contribution is 0.509. The van der Waals surface area contributed by atoms with E-state index in [1.54, 1.807) is 4.68 Å². The maximum absolute atomic E-state index is 12.3. The van der Waals surface area contributed by atoms with Crippen molar-refractivity contribution >= 4 is 29.9 Å². The second-order valence-electron chi connectivity index (χ2n) is 6.81. The number of rotatable bonds is 8. The summed E-state index contributed by atoms with van der Waals surface area (Å²) in [4.78, 5) is 16.9. The number of hydrogen-bond acceptors (Lipinski definition) is 3. The van der Waals surface area contributed by atoms with Gasteiger partial charge in [0.1, 0.15) is 5.82 Å². The fraction of sp³-hybridized carbons (Fsp3) is 0.550. The van der Waals surface area contributed by atoms with Gasteiger partial charge in [-0.25, -0.2) is 9.48 Å². The minimum absolute atomic E-state index is 0. The summed E-state index contributed by atoms with van der Waals surface area (Å²) in [6.45, 7) is 5.81. The van der Waals surface area contributed by atoms with Crippen molar-refractivity contribution in [3.63, 3.8) is 0 Å². The van der Waals surface area contributed by atoms with Crippen LogP contribution in [-0.2, 0) is 25.9 Å². The van der Waals surface area contributed by atoms with Crippen molar-refractivity contribution in [2.45, 2.75) is 52.1 Å². The van der Waals surface area contributed by atoms with Gasteiger partial charge in [-0.05, 0) is 38.2 Å². The Morgan fingerprint density at radius 2 is 2.04 bits per heavy atom. The summed E-state index contributed by atoms with van der Waals surface area (Å²) < 4.78 is 3.42. The van der Waals surface area contributed by atoms with E-state index < -0.39 is 0 Å². The molecule has 7 nitrogen and oxygen atoms in total. The van der Waals surface area contributed by atoms with Gasteiger partial charge in [0.05, 0.1) is 0 Å². The van der Waals surface area contributed by atoms with Gasteiger partial charge >= 0.3 is 5.69 Å². The molecule has 0 unspecified atom stereocenters. The topological polar surface area (TPSA) is 76.2 Å². The molecule has 1 aromatic carbocycles. The molecule has 2 aromatic rings. The van der Waals surface area contributed by atoms with Gasteiger partial charge in [-0.15, -0.1) is 24.0 Å². The molecule has 154 valence electrons. The van der Waals surface area contributed by atoms with Gasteiger partial charge in [0.15, 0.2) is 5.96 Å². The van der Waals surface area contributed by atoms with E-state index in [2.05, 4.69) is 51.9 Å². The number of guanidine groups is 1. The highest BCUT2D eigenvalue weighted by Gasteiger charge is 2.16. The third-order valence-electron chi connectivity index (χ3n) is 4.72. The normalized spacial score (nSPS) is 13.5. The number of aromatic nitrogens is 3. The third-order valence-corrected chi connectivity index (χ3v) is 4.72. The zero-order chi connectivity index (χ0) is 18.9. The second kappa shape index (κ2) is 11.9. The lowest BCUT2D eigenvalue weighted by Crippen LogP contribution is -2.38. The van der Waals surface area contributed by atoms with Crippen molar-refractivity contribution in [1.29, 1.82) is 0 Å². The number of fused-ring (bicyclic) bond motifs is 1.